The summed E-state index contributed by atoms with van der Waals surface area (Å²) >= 11 is 0. The zero-order valence-corrected chi connectivity index (χ0v) is 10.3. The highest BCUT2D eigenvalue weighted by Gasteiger charge is 2.24. The molecule has 0 aromatic heterocycles. The third-order valence-electron chi connectivity index (χ3n) is 3.90. The lowest BCUT2D eigenvalue weighted by Crippen LogP contribution is -2.46. The van der Waals surface area contributed by atoms with Crippen molar-refractivity contribution in [3.05, 3.63) is 0 Å². The molecule has 2 rings (SSSR count). The van der Waals surface area contributed by atoms with Crippen LogP contribution in [0.2, 0.25) is 0 Å². The Labute approximate surface area is 103 Å². The molecular formula is C12H23N3O2. The lowest BCUT2D eigenvalue weighted by atomic mass is 9.85. The van der Waals surface area contributed by atoms with Gasteiger partial charge in [0.15, 0.2) is 0 Å². The maximum Gasteiger partial charge on any atom is 0.404 e. The summed E-state index contributed by atoms with van der Waals surface area (Å²) in [6, 6.07) is 0.187. The predicted molar refractivity (Wildman–Crippen MR) is 66.2 cm³/mol. The number of carboxylic acid groups (broad SMARTS) is 1. The highest BCUT2D eigenvalue weighted by atomic mass is 16.4. The first-order valence-electron chi connectivity index (χ1n) is 6.66. The van der Waals surface area contributed by atoms with Crippen molar-refractivity contribution in [1.29, 1.82) is 0 Å². The quantitative estimate of drug-likeness (QED) is 0.681. The zero-order valence-electron chi connectivity index (χ0n) is 10.3. The topological polar surface area (TPSA) is 64.6 Å². The standard InChI is InChI=1S/C12H23N3O2/c16-12(17)14-11-3-1-10(2-4-11)9-15-7-5-13-6-8-15/h10-11,13-14H,1-9H2,(H,16,17)/t10-,11-. The number of carbonyl (C=O) groups is 1. The fourth-order valence-electron chi connectivity index (χ4n) is 2.92. The molecule has 1 aliphatic carbocycles. The molecule has 1 aliphatic heterocycles. The lowest BCUT2D eigenvalue weighted by molar-refractivity contribution is 0.162. The molecule has 17 heavy (non-hydrogen) atoms. The Bertz CT molecular complexity index is 246. The van der Waals surface area contributed by atoms with E-state index in [2.05, 4.69) is 15.5 Å². The first kappa shape index (κ1) is 12.6. The smallest absolute Gasteiger partial charge is 0.404 e. The Hall–Kier alpha value is -0.810. The fourth-order valence-corrected chi connectivity index (χ4v) is 2.92. The maximum absolute atomic E-state index is 10.5. The van der Waals surface area contributed by atoms with Crippen molar-refractivity contribution >= 4 is 6.09 Å². The number of nitrogens with one attached hydrogen (secondary N) is 2. The highest BCUT2D eigenvalue weighted by Crippen LogP contribution is 2.25. The Balaban J connectivity index is 1.66. The Morgan fingerprint density at radius 3 is 2.47 bits per heavy atom. The van der Waals surface area contributed by atoms with Crippen LogP contribution in [-0.4, -0.2) is 54.9 Å². The third kappa shape index (κ3) is 4.16. The van der Waals surface area contributed by atoms with Gasteiger partial charge in [0.05, 0.1) is 0 Å². The Kier molecular flexibility index (Phi) is 4.62. The second-order valence-electron chi connectivity index (χ2n) is 5.22. The molecule has 0 aromatic carbocycles. The van der Waals surface area contributed by atoms with E-state index >= 15 is 0 Å². The van der Waals surface area contributed by atoms with Gasteiger partial charge in [0.2, 0.25) is 0 Å². The molecule has 3 N–H and O–H groups in total. The van der Waals surface area contributed by atoms with Crippen LogP contribution >= 0.6 is 0 Å². The molecule has 1 saturated carbocycles. The van der Waals surface area contributed by atoms with Crippen LogP contribution in [-0.2, 0) is 0 Å². The van der Waals surface area contributed by atoms with Gasteiger partial charge < -0.3 is 20.6 Å². The van der Waals surface area contributed by atoms with Gasteiger partial charge in [-0.15, -0.1) is 0 Å². The van der Waals surface area contributed by atoms with Gasteiger partial charge in [-0.05, 0) is 31.6 Å². The average molecular weight is 241 g/mol. The van der Waals surface area contributed by atoms with Crippen molar-refractivity contribution in [2.45, 2.75) is 31.7 Å². The molecule has 0 radical (unpaired) electrons. The molecule has 0 unspecified atom stereocenters. The van der Waals surface area contributed by atoms with E-state index in [4.69, 9.17) is 5.11 Å². The van der Waals surface area contributed by atoms with Gasteiger partial charge in [0.1, 0.15) is 0 Å². The van der Waals surface area contributed by atoms with Crippen LogP contribution in [0.4, 0.5) is 4.79 Å². The third-order valence-corrected chi connectivity index (χ3v) is 3.90. The molecule has 5 nitrogen and oxygen atoms in total. The van der Waals surface area contributed by atoms with E-state index in [-0.39, 0.29) is 6.04 Å². The minimum absolute atomic E-state index is 0.187. The number of piperazine rings is 1. The number of hydrogen-bond acceptors (Lipinski definition) is 3. The molecular weight excluding hydrogens is 218 g/mol. The summed E-state index contributed by atoms with van der Waals surface area (Å²) in [5.74, 6) is 0.764. The fraction of sp³-hybridized carbons (Fsp3) is 0.917. The first-order chi connectivity index (χ1) is 8.24. The van der Waals surface area contributed by atoms with Crippen LogP contribution in [0.15, 0.2) is 0 Å². The van der Waals surface area contributed by atoms with Crippen molar-refractivity contribution < 1.29 is 9.90 Å². The van der Waals surface area contributed by atoms with E-state index in [1.54, 1.807) is 0 Å². The summed E-state index contributed by atoms with van der Waals surface area (Å²) in [7, 11) is 0. The van der Waals surface area contributed by atoms with Gasteiger partial charge in [-0.1, -0.05) is 0 Å². The van der Waals surface area contributed by atoms with E-state index < -0.39 is 6.09 Å². The van der Waals surface area contributed by atoms with E-state index in [9.17, 15) is 4.79 Å². The molecule has 1 amide bonds. The van der Waals surface area contributed by atoms with Gasteiger partial charge in [0.25, 0.3) is 0 Å². The van der Waals surface area contributed by atoms with E-state index in [1.165, 1.54) is 6.54 Å². The SMILES string of the molecule is O=C(O)N[C@H]1CC[C@H](CN2CCNCC2)CC1. The molecule has 1 heterocycles. The van der Waals surface area contributed by atoms with Crippen LogP contribution in [0.1, 0.15) is 25.7 Å². The van der Waals surface area contributed by atoms with E-state index in [0.717, 1.165) is 57.8 Å². The normalized spacial score (nSPS) is 31.1. The van der Waals surface area contributed by atoms with Crippen molar-refractivity contribution in [2.24, 2.45) is 5.92 Å². The highest BCUT2D eigenvalue weighted by molar-refractivity contribution is 5.64. The van der Waals surface area contributed by atoms with Crippen molar-refractivity contribution in [2.75, 3.05) is 32.7 Å². The van der Waals surface area contributed by atoms with Crippen LogP contribution in [0, 0.1) is 5.92 Å². The largest absolute Gasteiger partial charge is 0.465 e. The first-order valence-corrected chi connectivity index (χ1v) is 6.66. The Morgan fingerprint density at radius 1 is 1.24 bits per heavy atom. The minimum atomic E-state index is -0.879. The molecule has 0 atom stereocenters. The number of rotatable bonds is 3. The summed E-state index contributed by atoms with van der Waals surface area (Å²) < 4.78 is 0. The van der Waals surface area contributed by atoms with E-state index in [0.29, 0.717) is 0 Å². The molecule has 1 saturated heterocycles. The summed E-state index contributed by atoms with van der Waals surface area (Å²) in [5, 5.41) is 14.6. The van der Waals surface area contributed by atoms with Gasteiger partial charge in [-0.25, -0.2) is 4.79 Å². The second-order valence-corrected chi connectivity index (χ2v) is 5.22. The van der Waals surface area contributed by atoms with Crippen molar-refractivity contribution in [3.8, 4) is 0 Å². The van der Waals surface area contributed by atoms with E-state index in [1.807, 2.05) is 0 Å². The second kappa shape index (κ2) is 6.21. The van der Waals surface area contributed by atoms with Gasteiger partial charge in [0, 0.05) is 38.8 Å². The van der Waals surface area contributed by atoms with Crippen LogP contribution in [0.3, 0.4) is 0 Å². The molecule has 0 spiro atoms. The number of nitrogens with zero attached hydrogens (tertiary/aromatic N) is 1. The molecule has 5 heteroatoms. The van der Waals surface area contributed by atoms with Gasteiger partial charge in [-0.2, -0.15) is 0 Å². The number of hydrogen-bond donors (Lipinski definition) is 3. The molecule has 98 valence electrons. The number of amides is 1. The van der Waals surface area contributed by atoms with Gasteiger partial charge in [-0.3, -0.25) is 0 Å². The molecule has 2 aliphatic rings. The maximum atomic E-state index is 10.5. The lowest BCUT2D eigenvalue weighted by Gasteiger charge is -2.34. The van der Waals surface area contributed by atoms with Crippen molar-refractivity contribution in [1.82, 2.24) is 15.5 Å². The molecule has 0 bridgehead atoms. The van der Waals surface area contributed by atoms with Crippen LogP contribution in [0.25, 0.3) is 0 Å². The van der Waals surface area contributed by atoms with Crippen LogP contribution < -0.4 is 10.6 Å². The summed E-state index contributed by atoms with van der Waals surface area (Å²) in [6.07, 6.45) is 3.45. The molecule has 2 fully saturated rings. The summed E-state index contributed by atoms with van der Waals surface area (Å²) in [4.78, 5) is 13.1. The summed E-state index contributed by atoms with van der Waals surface area (Å²) in [6.45, 7) is 5.73. The predicted octanol–water partition coefficient (Wildman–Crippen LogP) is 0.718. The van der Waals surface area contributed by atoms with Gasteiger partial charge >= 0.3 is 6.09 Å². The summed E-state index contributed by atoms with van der Waals surface area (Å²) in [5.41, 5.74) is 0. The van der Waals surface area contributed by atoms with Crippen molar-refractivity contribution in [3.63, 3.8) is 0 Å². The monoisotopic (exact) mass is 241 g/mol. The Morgan fingerprint density at radius 2 is 1.88 bits per heavy atom. The van der Waals surface area contributed by atoms with Crippen LogP contribution in [0.5, 0.6) is 0 Å². The minimum Gasteiger partial charge on any atom is -0.465 e. The average Bonchev–Trinajstić information content (AvgIpc) is 2.32. The zero-order chi connectivity index (χ0) is 12.1. The molecule has 0 aromatic rings.